The van der Waals surface area contributed by atoms with Crippen LogP contribution in [-0.2, 0) is 6.54 Å². The minimum atomic E-state index is -0.183. The van der Waals surface area contributed by atoms with Crippen molar-refractivity contribution in [1.29, 1.82) is 0 Å². The maximum Gasteiger partial charge on any atom is 0.254 e. The van der Waals surface area contributed by atoms with E-state index in [1.165, 1.54) is 6.20 Å². The van der Waals surface area contributed by atoms with Gasteiger partial charge in [0.1, 0.15) is 5.75 Å². The predicted molar refractivity (Wildman–Crippen MR) is 90.0 cm³/mol. The Morgan fingerprint density at radius 3 is 2.96 bits per heavy atom. The van der Waals surface area contributed by atoms with Gasteiger partial charge in [0.25, 0.3) is 5.91 Å². The van der Waals surface area contributed by atoms with Gasteiger partial charge in [-0.25, -0.2) is 4.98 Å². The zero-order valence-corrected chi connectivity index (χ0v) is 13.5. The zero-order chi connectivity index (χ0) is 16.9. The van der Waals surface area contributed by atoms with Crippen LogP contribution in [0.2, 0.25) is 0 Å². The lowest BCUT2D eigenvalue weighted by Crippen LogP contribution is -2.22. The van der Waals surface area contributed by atoms with E-state index in [1.54, 1.807) is 12.4 Å². The van der Waals surface area contributed by atoms with E-state index >= 15 is 0 Å². The Hall–Kier alpha value is -3.15. The second-order valence-corrected chi connectivity index (χ2v) is 5.47. The summed E-state index contributed by atoms with van der Waals surface area (Å²) in [5.41, 5.74) is 3.65. The molecular formula is C18H18N4O2. The Balaban J connectivity index is 1.68. The van der Waals surface area contributed by atoms with Crippen molar-refractivity contribution < 1.29 is 9.53 Å². The van der Waals surface area contributed by atoms with Crippen LogP contribution in [0.25, 0.3) is 0 Å². The van der Waals surface area contributed by atoms with Crippen molar-refractivity contribution in [3.05, 3.63) is 71.2 Å². The Kier molecular flexibility index (Phi) is 4.56. The third kappa shape index (κ3) is 3.60. The van der Waals surface area contributed by atoms with Crippen molar-refractivity contribution in [3.8, 4) is 11.6 Å². The van der Waals surface area contributed by atoms with Gasteiger partial charge in [-0.05, 0) is 42.7 Å². The fourth-order valence-electron chi connectivity index (χ4n) is 2.22. The van der Waals surface area contributed by atoms with Gasteiger partial charge in [-0.1, -0.05) is 12.1 Å². The monoisotopic (exact) mass is 322 g/mol. The molecule has 6 nitrogen and oxygen atoms in total. The van der Waals surface area contributed by atoms with E-state index in [-0.39, 0.29) is 5.91 Å². The van der Waals surface area contributed by atoms with E-state index < -0.39 is 0 Å². The number of nitrogens with zero attached hydrogens (tertiary/aromatic N) is 2. The minimum Gasteiger partial charge on any atom is -0.439 e. The normalized spacial score (nSPS) is 10.4. The number of aromatic nitrogens is 3. The van der Waals surface area contributed by atoms with Crippen molar-refractivity contribution in [3.63, 3.8) is 0 Å². The third-order valence-corrected chi connectivity index (χ3v) is 3.78. The number of ether oxygens (including phenoxy) is 1. The van der Waals surface area contributed by atoms with Crippen LogP contribution in [0.5, 0.6) is 11.6 Å². The molecule has 3 rings (SSSR count). The molecule has 6 heteroatoms. The number of hydrogen-bond acceptors (Lipinski definition) is 4. The fourth-order valence-corrected chi connectivity index (χ4v) is 2.22. The summed E-state index contributed by atoms with van der Waals surface area (Å²) in [6.07, 6.45) is 4.70. The fraction of sp³-hybridized carbons (Fsp3) is 0.167. The standard InChI is InChI=1S/C18H18N4O2/c1-12-4-3-5-16(13(12)2)24-17-8-14(6-7-19-17)9-20-18(23)15-10-21-22-11-15/h3-8,10-11H,9H2,1-2H3,(H,20,23)(H,21,22). The molecule has 0 atom stereocenters. The minimum absolute atomic E-state index is 0.183. The molecule has 24 heavy (non-hydrogen) atoms. The Bertz CT molecular complexity index is 844. The molecule has 122 valence electrons. The van der Waals surface area contributed by atoms with Gasteiger partial charge in [0.2, 0.25) is 5.88 Å². The average molecular weight is 322 g/mol. The quantitative estimate of drug-likeness (QED) is 0.756. The molecule has 0 saturated heterocycles. The van der Waals surface area contributed by atoms with Crippen LogP contribution in [0.3, 0.4) is 0 Å². The highest BCUT2D eigenvalue weighted by atomic mass is 16.5. The number of aryl methyl sites for hydroxylation is 1. The number of amides is 1. The molecule has 0 aliphatic carbocycles. The Morgan fingerprint density at radius 2 is 2.17 bits per heavy atom. The number of pyridine rings is 1. The molecule has 0 spiro atoms. The molecule has 1 amide bonds. The number of nitrogens with one attached hydrogen (secondary N) is 2. The highest BCUT2D eigenvalue weighted by Crippen LogP contribution is 2.25. The molecular weight excluding hydrogens is 304 g/mol. The van der Waals surface area contributed by atoms with Crippen LogP contribution < -0.4 is 10.1 Å². The molecule has 2 N–H and O–H groups in total. The summed E-state index contributed by atoms with van der Waals surface area (Å²) in [6.45, 7) is 4.44. The summed E-state index contributed by atoms with van der Waals surface area (Å²) in [5, 5.41) is 9.20. The van der Waals surface area contributed by atoms with Gasteiger partial charge in [-0.3, -0.25) is 9.89 Å². The summed E-state index contributed by atoms with van der Waals surface area (Å²) in [4.78, 5) is 16.2. The molecule has 0 fully saturated rings. The maximum atomic E-state index is 11.9. The zero-order valence-electron chi connectivity index (χ0n) is 13.5. The first-order chi connectivity index (χ1) is 11.6. The first-order valence-electron chi connectivity index (χ1n) is 7.59. The third-order valence-electron chi connectivity index (χ3n) is 3.78. The number of rotatable bonds is 5. The highest BCUT2D eigenvalue weighted by molar-refractivity contribution is 5.93. The van der Waals surface area contributed by atoms with Crippen molar-refractivity contribution >= 4 is 5.91 Å². The first-order valence-corrected chi connectivity index (χ1v) is 7.59. The van der Waals surface area contributed by atoms with Crippen molar-refractivity contribution in [2.75, 3.05) is 0 Å². The largest absolute Gasteiger partial charge is 0.439 e. The second kappa shape index (κ2) is 6.95. The molecule has 0 saturated carbocycles. The van der Waals surface area contributed by atoms with Crippen molar-refractivity contribution in [2.24, 2.45) is 0 Å². The van der Waals surface area contributed by atoms with Crippen LogP contribution in [0.1, 0.15) is 27.0 Å². The van der Waals surface area contributed by atoms with Gasteiger partial charge in [-0.15, -0.1) is 0 Å². The molecule has 0 aliphatic rings. The average Bonchev–Trinajstić information content (AvgIpc) is 3.12. The Morgan fingerprint density at radius 1 is 1.29 bits per heavy atom. The van der Waals surface area contributed by atoms with Gasteiger partial charge in [-0.2, -0.15) is 5.10 Å². The molecule has 0 unspecified atom stereocenters. The molecule has 1 aromatic carbocycles. The van der Waals surface area contributed by atoms with Gasteiger partial charge >= 0.3 is 0 Å². The smallest absolute Gasteiger partial charge is 0.254 e. The van der Waals surface area contributed by atoms with E-state index in [0.717, 1.165) is 22.4 Å². The maximum absolute atomic E-state index is 11.9. The van der Waals surface area contributed by atoms with E-state index in [0.29, 0.717) is 18.0 Å². The number of H-pyrrole nitrogens is 1. The molecule has 0 radical (unpaired) electrons. The number of benzene rings is 1. The lowest BCUT2D eigenvalue weighted by molar-refractivity contribution is 0.0951. The molecule has 2 aromatic heterocycles. The summed E-state index contributed by atoms with van der Waals surface area (Å²) in [6, 6.07) is 9.56. The summed E-state index contributed by atoms with van der Waals surface area (Å²) in [7, 11) is 0. The van der Waals surface area contributed by atoms with E-state index in [9.17, 15) is 4.79 Å². The van der Waals surface area contributed by atoms with Crippen LogP contribution in [0, 0.1) is 13.8 Å². The van der Waals surface area contributed by atoms with Gasteiger partial charge < -0.3 is 10.1 Å². The summed E-state index contributed by atoms with van der Waals surface area (Å²) >= 11 is 0. The second-order valence-electron chi connectivity index (χ2n) is 5.47. The number of carbonyl (C=O) groups is 1. The Labute approximate surface area is 139 Å². The molecule has 0 bridgehead atoms. The number of aromatic amines is 1. The van der Waals surface area contributed by atoms with Crippen LogP contribution >= 0.6 is 0 Å². The van der Waals surface area contributed by atoms with Crippen LogP contribution in [-0.4, -0.2) is 21.1 Å². The lowest BCUT2D eigenvalue weighted by atomic mass is 10.1. The number of carbonyl (C=O) groups excluding carboxylic acids is 1. The van der Waals surface area contributed by atoms with E-state index in [1.807, 2.05) is 44.2 Å². The van der Waals surface area contributed by atoms with Gasteiger partial charge in [0, 0.05) is 25.0 Å². The van der Waals surface area contributed by atoms with Gasteiger partial charge in [0.15, 0.2) is 0 Å². The number of hydrogen-bond donors (Lipinski definition) is 2. The highest BCUT2D eigenvalue weighted by Gasteiger charge is 2.08. The molecule has 0 aliphatic heterocycles. The van der Waals surface area contributed by atoms with Crippen LogP contribution in [0.15, 0.2) is 48.9 Å². The van der Waals surface area contributed by atoms with E-state index in [2.05, 4.69) is 20.5 Å². The van der Waals surface area contributed by atoms with E-state index in [4.69, 9.17) is 4.74 Å². The SMILES string of the molecule is Cc1cccc(Oc2cc(CNC(=O)c3cn[nH]c3)ccn2)c1C. The van der Waals surface area contributed by atoms with Crippen molar-refractivity contribution in [2.45, 2.75) is 20.4 Å². The van der Waals surface area contributed by atoms with Crippen LogP contribution in [0.4, 0.5) is 0 Å². The first kappa shape index (κ1) is 15.7. The molecule has 3 aromatic rings. The molecule has 2 heterocycles. The van der Waals surface area contributed by atoms with Gasteiger partial charge in [0.05, 0.1) is 11.8 Å². The lowest BCUT2D eigenvalue weighted by Gasteiger charge is -2.10. The summed E-state index contributed by atoms with van der Waals surface area (Å²) in [5.74, 6) is 1.10. The van der Waals surface area contributed by atoms with Crippen molar-refractivity contribution in [1.82, 2.24) is 20.5 Å². The summed E-state index contributed by atoms with van der Waals surface area (Å²) < 4.78 is 5.87. The topological polar surface area (TPSA) is 79.9 Å². The predicted octanol–water partition coefficient (Wildman–Crippen LogP) is 3.14.